The lowest BCUT2D eigenvalue weighted by Crippen LogP contribution is -2.21. The van der Waals surface area contributed by atoms with E-state index in [0.29, 0.717) is 23.1 Å². The van der Waals surface area contributed by atoms with Gasteiger partial charge in [0.05, 0.1) is 12.1 Å². The molecule has 0 fully saturated rings. The first kappa shape index (κ1) is 16.7. The molecule has 25 heavy (non-hydrogen) atoms. The van der Waals surface area contributed by atoms with Gasteiger partial charge in [-0.05, 0) is 42.8 Å². The Labute approximate surface area is 143 Å². The zero-order chi connectivity index (χ0) is 18.0. The summed E-state index contributed by atoms with van der Waals surface area (Å²) in [5.41, 5.74) is 7.21. The summed E-state index contributed by atoms with van der Waals surface area (Å²) < 4.78 is 19.8. The van der Waals surface area contributed by atoms with E-state index in [1.807, 2.05) is 0 Å². The van der Waals surface area contributed by atoms with Crippen LogP contribution in [0.1, 0.15) is 22.8 Å². The number of rotatable bonds is 4. The molecule has 0 spiro atoms. The van der Waals surface area contributed by atoms with Crippen molar-refractivity contribution in [1.29, 1.82) is 0 Å². The van der Waals surface area contributed by atoms with E-state index in [1.165, 1.54) is 18.3 Å². The lowest BCUT2D eigenvalue weighted by atomic mass is 10.1. The van der Waals surface area contributed by atoms with Crippen molar-refractivity contribution in [3.8, 4) is 0 Å². The molecule has 2 N–H and O–H groups in total. The number of aromatic nitrogens is 1. The largest absolute Gasteiger partial charge is 0.462 e. The van der Waals surface area contributed by atoms with Gasteiger partial charge in [-0.2, -0.15) is 0 Å². The molecule has 3 aromatic rings. The maximum Gasteiger partial charge on any atom is 0.343 e. The molecule has 0 atom stereocenters. The van der Waals surface area contributed by atoms with Gasteiger partial charge in [0.25, 0.3) is 0 Å². The van der Waals surface area contributed by atoms with Crippen LogP contribution in [0.3, 0.4) is 0 Å². The maximum atomic E-state index is 13.1. The molecule has 0 aliphatic rings. The number of halogens is 1. The van der Waals surface area contributed by atoms with Crippen molar-refractivity contribution >= 4 is 22.6 Å². The Hall–Kier alpha value is -3.15. The fraction of sp³-hybridized carbons (Fsp3) is 0.158. The summed E-state index contributed by atoms with van der Waals surface area (Å²) in [5.74, 6) is -1.00. The number of fused-ring (bicyclic) bond motifs is 1. The third kappa shape index (κ3) is 3.38. The molecule has 0 bridgehead atoms. The number of nitrogen functional groups attached to an aromatic ring is 1. The van der Waals surface area contributed by atoms with Crippen LogP contribution in [0.25, 0.3) is 10.9 Å². The van der Waals surface area contributed by atoms with Crippen LogP contribution < -0.4 is 11.2 Å². The number of carbonyl (C=O) groups excluding carboxylic acids is 1. The summed E-state index contributed by atoms with van der Waals surface area (Å²) in [6.07, 6.45) is 1.47. The average Bonchev–Trinajstić information content (AvgIpc) is 2.59. The lowest BCUT2D eigenvalue weighted by Gasteiger charge is -2.14. The molecule has 5 nitrogen and oxygen atoms in total. The standard InChI is InChI=1S/C19H17FN2O3/c1-2-25-19(24)16-11-22(10-12-3-5-13(20)6-4-12)17-8-7-14(21)9-15(17)18(16)23/h3-9,11H,2,10,21H2,1H3. The Kier molecular flexibility index (Phi) is 4.52. The molecule has 3 rings (SSSR count). The predicted molar refractivity (Wildman–Crippen MR) is 94.1 cm³/mol. The molecule has 0 radical (unpaired) electrons. The van der Waals surface area contributed by atoms with Gasteiger partial charge >= 0.3 is 5.97 Å². The van der Waals surface area contributed by atoms with Crippen molar-refractivity contribution in [1.82, 2.24) is 4.57 Å². The van der Waals surface area contributed by atoms with Gasteiger partial charge in [-0.3, -0.25) is 4.79 Å². The van der Waals surface area contributed by atoms with Crippen molar-refractivity contribution in [3.05, 3.63) is 75.8 Å². The van der Waals surface area contributed by atoms with E-state index >= 15 is 0 Å². The third-order valence-electron chi connectivity index (χ3n) is 3.87. The molecular formula is C19H17FN2O3. The molecule has 128 valence electrons. The number of benzene rings is 2. The van der Waals surface area contributed by atoms with Crippen molar-refractivity contribution in [2.45, 2.75) is 13.5 Å². The predicted octanol–water partition coefficient (Wildman–Crippen LogP) is 2.95. The Morgan fingerprint density at radius 2 is 1.92 bits per heavy atom. The van der Waals surface area contributed by atoms with Crippen LogP contribution in [0, 0.1) is 5.82 Å². The Bertz CT molecular complexity index is 994. The van der Waals surface area contributed by atoms with E-state index in [9.17, 15) is 14.0 Å². The number of hydrogen-bond donors (Lipinski definition) is 1. The van der Waals surface area contributed by atoms with Crippen LogP contribution in [0.4, 0.5) is 10.1 Å². The van der Waals surface area contributed by atoms with Gasteiger partial charge in [0.15, 0.2) is 0 Å². The topological polar surface area (TPSA) is 74.3 Å². The molecule has 0 unspecified atom stereocenters. The molecule has 0 amide bonds. The van der Waals surface area contributed by atoms with Crippen LogP contribution >= 0.6 is 0 Å². The molecular weight excluding hydrogens is 323 g/mol. The van der Waals surface area contributed by atoms with Crippen LogP contribution in [0.15, 0.2) is 53.5 Å². The smallest absolute Gasteiger partial charge is 0.343 e. The second-order valence-corrected chi connectivity index (χ2v) is 5.62. The van der Waals surface area contributed by atoms with E-state index in [1.54, 1.807) is 41.8 Å². The number of anilines is 1. The minimum Gasteiger partial charge on any atom is -0.462 e. The zero-order valence-corrected chi connectivity index (χ0v) is 13.7. The normalized spacial score (nSPS) is 10.8. The first-order valence-corrected chi connectivity index (χ1v) is 7.84. The van der Waals surface area contributed by atoms with Gasteiger partial charge in [-0.15, -0.1) is 0 Å². The molecule has 1 aromatic heterocycles. The number of carbonyl (C=O) groups is 1. The summed E-state index contributed by atoms with van der Waals surface area (Å²) in [6, 6.07) is 11.0. The summed E-state index contributed by atoms with van der Waals surface area (Å²) in [6.45, 7) is 2.21. The Morgan fingerprint density at radius 3 is 2.60 bits per heavy atom. The molecule has 0 saturated carbocycles. The minimum absolute atomic E-state index is 0.0536. The monoisotopic (exact) mass is 340 g/mol. The molecule has 0 aliphatic heterocycles. The fourth-order valence-electron chi connectivity index (χ4n) is 2.69. The van der Waals surface area contributed by atoms with Crippen molar-refractivity contribution in [2.75, 3.05) is 12.3 Å². The van der Waals surface area contributed by atoms with Gasteiger partial charge in [0.2, 0.25) is 5.43 Å². The summed E-state index contributed by atoms with van der Waals surface area (Å²) in [4.78, 5) is 24.8. The Balaban J connectivity index is 2.18. The maximum absolute atomic E-state index is 13.1. The highest BCUT2D eigenvalue weighted by Gasteiger charge is 2.16. The highest BCUT2D eigenvalue weighted by Crippen LogP contribution is 2.18. The summed E-state index contributed by atoms with van der Waals surface area (Å²) in [7, 11) is 0. The lowest BCUT2D eigenvalue weighted by molar-refractivity contribution is 0.0524. The summed E-state index contributed by atoms with van der Waals surface area (Å²) in [5, 5.41) is 0.340. The van der Waals surface area contributed by atoms with Crippen LogP contribution in [0.2, 0.25) is 0 Å². The van der Waals surface area contributed by atoms with E-state index < -0.39 is 11.4 Å². The number of pyridine rings is 1. The van der Waals surface area contributed by atoms with Crippen LogP contribution in [-0.4, -0.2) is 17.1 Å². The van der Waals surface area contributed by atoms with Gasteiger partial charge in [-0.1, -0.05) is 12.1 Å². The highest BCUT2D eigenvalue weighted by atomic mass is 19.1. The van der Waals surface area contributed by atoms with Crippen LogP contribution in [-0.2, 0) is 11.3 Å². The second kappa shape index (κ2) is 6.76. The Morgan fingerprint density at radius 1 is 1.20 bits per heavy atom. The zero-order valence-electron chi connectivity index (χ0n) is 13.7. The summed E-state index contributed by atoms with van der Waals surface area (Å²) >= 11 is 0. The molecule has 0 aliphatic carbocycles. The SMILES string of the molecule is CCOC(=O)c1cn(Cc2ccc(F)cc2)c2ccc(N)cc2c1=O. The van der Waals surface area contributed by atoms with E-state index in [4.69, 9.17) is 10.5 Å². The number of hydrogen-bond acceptors (Lipinski definition) is 4. The average molecular weight is 340 g/mol. The molecule has 0 saturated heterocycles. The van der Waals surface area contributed by atoms with Gasteiger partial charge < -0.3 is 15.0 Å². The van der Waals surface area contributed by atoms with E-state index in [-0.39, 0.29) is 18.0 Å². The third-order valence-corrected chi connectivity index (χ3v) is 3.87. The number of nitrogens with two attached hydrogens (primary N) is 1. The number of esters is 1. The molecule has 2 aromatic carbocycles. The van der Waals surface area contributed by atoms with Crippen LogP contribution in [0.5, 0.6) is 0 Å². The quantitative estimate of drug-likeness (QED) is 0.585. The van der Waals surface area contributed by atoms with Crippen molar-refractivity contribution in [2.24, 2.45) is 0 Å². The van der Waals surface area contributed by atoms with Crippen molar-refractivity contribution < 1.29 is 13.9 Å². The number of ether oxygens (including phenoxy) is 1. The van der Waals surface area contributed by atoms with Crippen molar-refractivity contribution in [3.63, 3.8) is 0 Å². The van der Waals surface area contributed by atoms with E-state index in [0.717, 1.165) is 5.56 Å². The molecule has 6 heteroatoms. The van der Waals surface area contributed by atoms with Gasteiger partial charge in [0.1, 0.15) is 11.4 Å². The second-order valence-electron chi connectivity index (χ2n) is 5.62. The fourth-order valence-corrected chi connectivity index (χ4v) is 2.69. The first-order chi connectivity index (χ1) is 12.0. The highest BCUT2D eigenvalue weighted by molar-refractivity contribution is 5.94. The minimum atomic E-state index is -0.676. The van der Waals surface area contributed by atoms with E-state index in [2.05, 4.69) is 0 Å². The first-order valence-electron chi connectivity index (χ1n) is 7.84. The van der Waals surface area contributed by atoms with Gasteiger partial charge in [0, 0.05) is 23.8 Å². The number of nitrogens with zero attached hydrogens (tertiary/aromatic N) is 1. The van der Waals surface area contributed by atoms with Gasteiger partial charge in [-0.25, -0.2) is 9.18 Å². The molecule has 1 heterocycles.